The molecule has 0 bridgehead atoms. The summed E-state index contributed by atoms with van der Waals surface area (Å²) in [7, 11) is 0. The molecule has 136 valence electrons. The lowest BCUT2D eigenvalue weighted by atomic mass is 10.0. The zero-order valence-electron chi connectivity index (χ0n) is 14.8. The van der Waals surface area contributed by atoms with Crippen LogP contribution in [-0.4, -0.2) is 32.8 Å². The molecule has 7 nitrogen and oxygen atoms in total. The molecule has 0 aliphatic rings. The Bertz CT molecular complexity index is 849. The number of rotatable bonds is 6. The van der Waals surface area contributed by atoms with Crippen LogP contribution in [0.15, 0.2) is 42.5 Å². The molecular weight excluding hydrogens is 336 g/mol. The Hall–Kier alpha value is -3.22. The summed E-state index contributed by atoms with van der Waals surface area (Å²) in [5.41, 5.74) is 1.75. The van der Waals surface area contributed by atoms with Crippen LogP contribution in [0.3, 0.4) is 0 Å². The number of amides is 1. The van der Waals surface area contributed by atoms with Crippen LogP contribution in [0.5, 0.6) is 0 Å². The van der Waals surface area contributed by atoms with E-state index in [0.717, 1.165) is 5.56 Å². The molecule has 0 aromatic heterocycles. The van der Waals surface area contributed by atoms with E-state index in [0.29, 0.717) is 11.1 Å². The van der Waals surface area contributed by atoms with E-state index >= 15 is 0 Å². The number of carboxylic acid groups (broad SMARTS) is 1. The number of hydrogen-bond acceptors (Lipinski definition) is 4. The molecule has 2 aromatic rings. The fourth-order valence-corrected chi connectivity index (χ4v) is 2.72. The quantitative estimate of drug-likeness (QED) is 0.632. The van der Waals surface area contributed by atoms with Crippen molar-refractivity contribution in [1.82, 2.24) is 4.90 Å². The van der Waals surface area contributed by atoms with Crippen LogP contribution in [-0.2, 0) is 11.3 Å². The molecule has 2 aromatic carbocycles. The van der Waals surface area contributed by atoms with Gasteiger partial charge < -0.3 is 10.0 Å². The maximum atomic E-state index is 13.0. The third kappa shape index (κ3) is 4.05. The first-order chi connectivity index (χ1) is 12.2. The standard InChI is InChI=1S/C19H20N2O5/c1-12-9-13(2)17(21(25)26)10-16(12)18(22)20(14(3)19(23)24)11-15-7-5-4-6-8-15/h4-10,14H,11H2,1-3H3,(H,23,24). The number of carbonyl (C=O) groups excluding carboxylic acids is 1. The minimum absolute atomic E-state index is 0.0915. The SMILES string of the molecule is Cc1cc(C)c([N+](=O)[O-])cc1C(=O)N(Cc1ccccc1)C(C)C(=O)O. The molecule has 0 saturated heterocycles. The molecule has 0 heterocycles. The summed E-state index contributed by atoms with van der Waals surface area (Å²) in [5.74, 6) is -1.70. The highest BCUT2D eigenvalue weighted by Gasteiger charge is 2.29. The van der Waals surface area contributed by atoms with Gasteiger partial charge in [-0.25, -0.2) is 4.79 Å². The smallest absolute Gasteiger partial charge is 0.326 e. The lowest BCUT2D eigenvalue weighted by Crippen LogP contribution is -2.43. The highest BCUT2D eigenvalue weighted by Crippen LogP contribution is 2.25. The summed E-state index contributed by atoms with van der Waals surface area (Å²) in [6.07, 6.45) is 0. The highest BCUT2D eigenvalue weighted by atomic mass is 16.6. The molecule has 7 heteroatoms. The second kappa shape index (κ2) is 7.77. The lowest BCUT2D eigenvalue weighted by Gasteiger charge is -2.27. The molecule has 26 heavy (non-hydrogen) atoms. The number of nitro groups is 1. The van der Waals surface area contributed by atoms with Gasteiger partial charge in [0, 0.05) is 23.7 Å². The normalized spacial score (nSPS) is 11.7. The Balaban J connectivity index is 2.48. The predicted molar refractivity (Wildman–Crippen MR) is 96.0 cm³/mol. The van der Waals surface area contributed by atoms with Crippen LogP contribution in [0, 0.1) is 24.0 Å². The Morgan fingerprint density at radius 1 is 1.15 bits per heavy atom. The van der Waals surface area contributed by atoms with E-state index in [1.165, 1.54) is 17.9 Å². The number of aliphatic carboxylic acids is 1. The largest absolute Gasteiger partial charge is 0.480 e. The first-order valence-corrected chi connectivity index (χ1v) is 8.05. The van der Waals surface area contributed by atoms with Crippen LogP contribution < -0.4 is 0 Å². The van der Waals surface area contributed by atoms with Crippen molar-refractivity contribution in [2.24, 2.45) is 0 Å². The second-order valence-electron chi connectivity index (χ2n) is 6.14. The number of aryl methyl sites for hydroxylation is 2. The Morgan fingerprint density at radius 3 is 2.31 bits per heavy atom. The van der Waals surface area contributed by atoms with E-state index in [1.807, 2.05) is 6.07 Å². The minimum Gasteiger partial charge on any atom is -0.480 e. The molecule has 1 unspecified atom stereocenters. The first kappa shape index (κ1) is 19.1. The molecule has 0 aliphatic carbocycles. The Kier molecular flexibility index (Phi) is 5.71. The summed E-state index contributed by atoms with van der Waals surface area (Å²) < 4.78 is 0. The van der Waals surface area contributed by atoms with E-state index < -0.39 is 22.8 Å². The van der Waals surface area contributed by atoms with Crippen molar-refractivity contribution in [2.75, 3.05) is 0 Å². The molecule has 0 spiro atoms. The predicted octanol–water partition coefficient (Wildman–Crippen LogP) is 3.33. The number of hydrogen-bond donors (Lipinski definition) is 1. The number of nitrogens with zero attached hydrogens (tertiary/aromatic N) is 2. The van der Waals surface area contributed by atoms with Gasteiger partial charge in [0.15, 0.2) is 0 Å². The van der Waals surface area contributed by atoms with Gasteiger partial charge in [-0.1, -0.05) is 30.3 Å². The van der Waals surface area contributed by atoms with Crippen LogP contribution in [0.1, 0.15) is 34.0 Å². The number of carbonyl (C=O) groups is 2. The van der Waals surface area contributed by atoms with Gasteiger partial charge in [0.05, 0.1) is 4.92 Å². The van der Waals surface area contributed by atoms with Gasteiger partial charge in [0.2, 0.25) is 0 Å². The summed E-state index contributed by atoms with van der Waals surface area (Å²) in [5, 5.41) is 20.6. The van der Waals surface area contributed by atoms with Crippen LogP contribution >= 0.6 is 0 Å². The fourth-order valence-electron chi connectivity index (χ4n) is 2.72. The van der Waals surface area contributed by atoms with Crippen molar-refractivity contribution in [3.05, 3.63) is 74.8 Å². The van der Waals surface area contributed by atoms with Gasteiger partial charge in [0.1, 0.15) is 6.04 Å². The topological polar surface area (TPSA) is 101 Å². The van der Waals surface area contributed by atoms with E-state index in [9.17, 15) is 24.8 Å². The van der Waals surface area contributed by atoms with Gasteiger partial charge >= 0.3 is 5.97 Å². The fraction of sp³-hybridized carbons (Fsp3) is 0.263. The average Bonchev–Trinajstić information content (AvgIpc) is 2.59. The van der Waals surface area contributed by atoms with E-state index in [4.69, 9.17) is 0 Å². The molecule has 0 fully saturated rings. The number of carboxylic acids is 1. The molecule has 0 saturated carbocycles. The summed E-state index contributed by atoms with van der Waals surface area (Å²) in [6, 6.07) is 10.7. The molecule has 1 N–H and O–H groups in total. The van der Waals surface area contributed by atoms with Gasteiger partial charge in [-0.3, -0.25) is 14.9 Å². The van der Waals surface area contributed by atoms with Gasteiger partial charge in [0.25, 0.3) is 11.6 Å². The molecule has 1 amide bonds. The summed E-state index contributed by atoms with van der Waals surface area (Å²) >= 11 is 0. The van der Waals surface area contributed by atoms with Crippen molar-refractivity contribution in [3.8, 4) is 0 Å². The van der Waals surface area contributed by atoms with Crippen molar-refractivity contribution in [3.63, 3.8) is 0 Å². The Morgan fingerprint density at radius 2 is 1.77 bits per heavy atom. The maximum Gasteiger partial charge on any atom is 0.326 e. The maximum absolute atomic E-state index is 13.0. The third-order valence-electron chi connectivity index (χ3n) is 4.25. The molecule has 0 radical (unpaired) electrons. The van der Waals surface area contributed by atoms with Crippen molar-refractivity contribution in [2.45, 2.75) is 33.4 Å². The van der Waals surface area contributed by atoms with Crippen molar-refractivity contribution in [1.29, 1.82) is 0 Å². The van der Waals surface area contributed by atoms with E-state index in [1.54, 1.807) is 44.2 Å². The molecule has 2 rings (SSSR count). The Labute approximate surface area is 151 Å². The van der Waals surface area contributed by atoms with Gasteiger partial charge in [-0.2, -0.15) is 0 Å². The zero-order valence-corrected chi connectivity index (χ0v) is 14.8. The summed E-state index contributed by atoms with van der Waals surface area (Å²) in [4.78, 5) is 36.4. The zero-order chi connectivity index (χ0) is 19.4. The monoisotopic (exact) mass is 356 g/mol. The highest BCUT2D eigenvalue weighted by molar-refractivity contribution is 5.98. The molecule has 1 atom stereocenters. The van der Waals surface area contributed by atoms with Crippen LogP contribution in [0.25, 0.3) is 0 Å². The minimum atomic E-state index is -1.14. The number of benzene rings is 2. The van der Waals surface area contributed by atoms with Crippen LogP contribution in [0.2, 0.25) is 0 Å². The lowest BCUT2D eigenvalue weighted by molar-refractivity contribution is -0.385. The van der Waals surface area contributed by atoms with Crippen LogP contribution in [0.4, 0.5) is 5.69 Å². The van der Waals surface area contributed by atoms with E-state index in [2.05, 4.69) is 0 Å². The van der Waals surface area contributed by atoms with Crippen molar-refractivity contribution < 1.29 is 19.6 Å². The molecular formula is C19H20N2O5. The van der Waals surface area contributed by atoms with Gasteiger partial charge in [-0.15, -0.1) is 0 Å². The average molecular weight is 356 g/mol. The number of nitro benzene ring substituents is 1. The third-order valence-corrected chi connectivity index (χ3v) is 4.25. The summed E-state index contributed by atoms with van der Waals surface area (Å²) in [6.45, 7) is 4.78. The first-order valence-electron chi connectivity index (χ1n) is 8.05. The second-order valence-corrected chi connectivity index (χ2v) is 6.14. The van der Waals surface area contributed by atoms with Crippen molar-refractivity contribution >= 4 is 17.6 Å². The molecule has 0 aliphatic heterocycles. The van der Waals surface area contributed by atoms with Gasteiger partial charge in [-0.05, 0) is 38.0 Å². The van der Waals surface area contributed by atoms with E-state index in [-0.39, 0.29) is 17.8 Å².